The normalized spacial score (nSPS) is 9.08. The Kier molecular flexibility index (Phi) is 8.73. The smallest absolute Gasteiger partial charge is 0.141 e. The van der Waals surface area contributed by atoms with Crippen LogP contribution in [0.5, 0.6) is 0 Å². The van der Waals surface area contributed by atoms with Gasteiger partial charge in [0.15, 0.2) is 0 Å². The van der Waals surface area contributed by atoms with E-state index in [4.69, 9.17) is 16.9 Å². The van der Waals surface area contributed by atoms with E-state index < -0.39 is 0 Å². The first-order valence-electron chi connectivity index (χ1n) is 6.99. The minimum absolute atomic E-state index is 0.00981. The lowest BCUT2D eigenvalue weighted by Crippen LogP contribution is -2.12. The van der Waals surface area contributed by atoms with Crippen molar-refractivity contribution in [2.24, 2.45) is 5.73 Å². The van der Waals surface area contributed by atoms with E-state index in [1.807, 2.05) is 29.6 Å². The Morgan fingerprint density at radius 3 is 2.12 bits per heavy atom. The third kappa shape index (κ3) is 6.99. The van der Waals surface area contributed by atoms with Crippen LogP contribution < -0.4 is 11.5 Å². The van der Waals surface area contributed by atoms with Gasteiger partial charge in [0.05, 0.1) is 0 Å². The number of hydrogen-bond donors (Lipinski definition) is 3. The molecule has 3 rings (SSSR count). The monoisotopic (exact) mass is 343 g/mol. The molecule has 0 saturated heterocycles. The van der Waals surface area contributed by atoms with Crippen LogP contribution >= 0.6 is 11.3 Å². The Hall–Kier alpha value is -2.77. The van der Waals surface area contributed by atoms with Gasteiger partial charge >= 0.3 is 0 Å². The number of amidine groups is 1. The summed E-state index contributed by atoms with van der Waals surface area (Å²) in [6, 6.07) is 13.0. The van der Waals surface area contributed by atoms with Crippen molar-refractivity contribution < 1.29 is 4.74 Å². The van der Waals surface area contributed by atoms with E-state index in [-0.39, 0.29) is 5.84 Å². The summed E-state index contributed by atoms with van der Waals surface area (Å²) in [5.74, 6) is 0.00981. The number of hydrogen-bond acceptors (Lipinski definition) is 6. The molecular formula is C17H21N5OS. The first-order chi connectivity index (χ1) is 11.6. The molecule has 1 aromatic carbocycles. The van der Waals surface area contributed by atoms with Crippen molar-refractivity contribution in [3.63, 3.8) is 0 Å². The van der Waals surface area contributed by atoms with Gasteiger partial charge in [0.25, 0.3) is 0 Å². The van der Waals surface area contributed by atoms with Gasteiger partial charge < -0.3 is 16.2 Å². The first-order valence-corrected chi connectivity index (χ1v) is 7.87. The number of nitrogen functional groups attached to an aromatic ring is 2. The van der Waals surface area contributed by atoms with Gasteiger partial charge in [-0.25, -0.2) is 4.98 Å². The topological polar surface area (TPSA) is 111 Å². The number of aromatic nitrogens is 2. The number of ether oxygens (including phenoxy) is 1. The molecule has 0 aliphatic carbocycles. The minimum atomic E-state index is 0.00981. The lowest BCUT2D eigenvalue weighted by molar-refractivity contribution is 0.277. The van der Waals surface area contributed by atoms with E-state index in [1.165, 1.54) is 0 Å². The third-order valence-corrected chi connectivity index (χ3v) is 3.35. The van der Waals surface area contributed by atoms with Crippen molar-refractivity contribution in [3.8, 4) is 10.6 Å². The summed E-state index contributed by atoms with van der Waals surface area (Å²) in [6.45, 7) is 0. The van der Waals surface area contributed by atoms with E-state index >= 15 is 0 Å². The van der Waals surface area contributed by atoms with Gasteiger partial charge in [-0.15, -0.1) is 11.3 Å². The average molecular weight is 343 g/mol. The fourth-order valence-corrected chi connectivity index (χ4v) is 2.16. The SMILES string of the molecule is COC.N=C(N)c1ccccn1.Nc1ccc(-c2nccs2)cc1. The van der Waals surface area contributed by atoms with Gasteiger partial charge in [0.1, 0.15) is 16.5 Å². The van der Waals surface area contributed by atoms with Crippen LogP contribution in [0, 0.1) is 5.41 Å². The van der Waals surface area contributed by atoms with Gasteiger partial charge in [-0.3, -0.25) is 10.4 Å². The fourth-order valence-electron chi connectivity index (χ4n) is 1.51. The van der Waals surface area contributed by atoms with Crippen LogP contribution in [0.25, 0.3) is 10.6 Å². The number of nitrogens with one attached hydrogen (secondary N) is 1. The Bertz CT molecular complexity index is 700. The number of thiazole rings is 1. The summed E-state index contributed by atoms with van der Waals surface area (Å²) >= 11 is 1.63. The number of pyridine rings is 1. The molecule has 7 heteroatoms. The molecule has 0 aliphatic rings. The second kappa shape index (κ2) is 10.9. The highest BCUT2D eigenvalue weighted by Crippen LogP contribution is 2.21. The van der Waals surface area contributed by atoms with Crippen molar-refractivity contribution in [3.05, 3.63) is 65.9 Å². The van der Waals surface area contributed by atoms with Crippen LogP contribution in [-0.2, 0) is 4.74 Å². The van der Waals surface area contributed by atoms with E-state index in [2.05, 4.69) is 14.7 Å². The zero-order chi connectivity index (χ0) is 17.8. The Labute approximate surface area is 145 Å². The van der Waals surface area contributed by atoms with Crippen LogP contribution in [0.4, 0.5) is 5.69 Å². The molecule has 0 saturated carbocycles. The summed E-state index contributed by atoms with van der Waals surface area (Å²) in [7, 11) is 3.25. The van der Waals surface area contributed by atoms with Gasteiger partial charge in [0.2, 0.25) is 0 Å². The predicted octanol–water partition coefficient (Wildman–Crippen LogP) is 3.02. The first kappa shape index (κ1) is 19.3. The molecule has 6 nitrogen and oxygen atoms in total. The molecule has 0 fully saturated rings. The maximum Gasteiger partial charge on any atom is 0.141 e. The van der Waals surface area contributed by atoms with Crippen LogP contribution in [0.1, 0.15) is 5.69 Å². The number of methoxy groups -OCH3 is 1. The number of anilines is 1. The highest BCUT2D eigenvalue weighted by molar-refractivity contribution is 7.13. The second-order valence-electron chi connectivity index (χ2n) is 4.50. The standard InChI is InChI=1S/C9H8N2S.C6H7N3.C2H6O/c10-8-3-1-7(2-4-8)9-11-5-6-12-9;7-6(8)5-3-1-2-4-9-5;1-3-2/h1-6H,10H2;1-4H,(H3,7,8);1-2H3. The molecule has 5 N–H and O–H groups in total. The molecule has 2 heterocycles. The molecule has 0 atom stereocenters. The highest BCUT2D eigenvalue weighted by Gasteiger charge is 1.97. The predicted molar refractivity (Wildman–Crippen MR) is 100 cm³/mol. The van der Waals surface area contributed by atoms with Crippen molar-refractivity contribution >= 4 is 22.9 Å². The Morgan fingerprint density at radius 1 is 1.04 bits per heavy atom. The number of rotatable bonds is 2. The lowest BCUT2D eigenvalue weighted by Gasteiger charge is -1.95. The molecule has 2 aromatic heterocycles. The molecule has 24 heavy (non-hydrogen) atoms. The fraction of sp³-hybridized carbons (Fsp3) is 0.118. The van der Waals surface area contributed by atoms with E-state index in [1.54, 1.807) is 56.1 Å². The molecule has 0 bridgehead atoms. The number of nitrogens with zero attached hydrogens (tertiary/aromatic N) is 2. The Balaban J connectivity index is 0.000000213. The average Bonchev–Trinajstić information content (AvgIpc) is 3.12. The van der Waals surface area contributed by atoms with E-state index in [0.29, 0.717) is 5.69 Å². The van der Waals surface area contributed by atoms with Gasteiger partial charge in [-0.1, -0.05) is 6.07 Å². The molecule has 0 unspecified atom stereocenters. The largest absolute Gasteiger partial charge is 0.399 e. The van der Waals surface area contributed by atoms with Crippen LogP contribution in [-0.4, -0.2) is 30.0 Å². The minimum Gasteiger partial charge on any atom is -0.399 e. The van der Waals surface area contributed by atoms with Crippen molar-refractivity contribution in [2.45, 2.75) is 0 Å². The molecule has 0 amide bonds. The number of benzene rings is 1. The van der Waals surface area contributed by atoms with Crippen LogP contribution in [0.3, 0.4) is 0 Å². The van der Waals surface area contributed by atoms with Crippen LogP contribution in [0.15, 0.2) is 60.2 Å². The summed E-state index contributed by atoms with van der Waals surface area (Å²) in [5, 5.41) is 9.95. The van der Waals surface area contributed by atoms with Crippen LogP contribution in [0.2, 0.25) is 0 Å². The van der Waals surface area contributed by atoms with Gasteiger partial charge in [-0.2, -0.15) is 0 Å². The van der Waals surface area contributed by atoms with Gasteiger partial charge in [-0.05, 0) is 36.4 Å². The van der Waals surface area contributed by atoms with Crippen molar-refractivity contribution in [2.75, 3.05) is 20.0 Å². The molecule has 0 aliphatic heterocycles. The highest BCUT2D eigenvalue weighted by atomic mass is 32.1. The maximum absolute atomic E-state index is 6.95. The zero-order valence-corrected chi connectivity index (χ0v) is 14.5. The van der Waals surface area contributed by atoms with E-state index in [9.17, 15) is 0 Å². The second-order valence-corrected chi connectivity index (χ2v) is 5.39. The summed E-state index contributed by atoms with van der Waals surface area (Å²) < 4.78 is 4.25. The van der Waals surface area contributed by atoms with Gasteiger partial charge in [0, 0.05) is 43.2 Å². The molecule has 126 valence electrons. The molecule has 0 spiro atoms. The summed E-state index contributed by atoms with van der Waals surface area (Å²) in [5.41, 5.74) is 13.1. The zero-order valence-electron chi connectivity index (χ0n) is 13.6. The quantitative estimate of drug-likeness (QED) is 0.376. The summed E-state index contributed by atoms with van der Waals surface area (Å²) in [6.07, 6.45) is 3.41. The van der Waals surface area contributed by atoms with Crippen molar-refractivity contribution in [1.29, 1.82) is 5.41 Å². The summed E-state index contributed by atoms with van der Waals surface area (Å²) in [4.78, 5) is 8.02. The molecular weight excluding hydrogens is 322 g/mol. The number of nitrogens with two attached hydrogens (primary N) is 2. The molecule has 0 radical (unpaired) electrons. The van der Waals surface area contributed by atoms with Crippen molar-refractivity contribution in [1.82, 2.24) is 9.97 Å². The Morgan fingerprint density at radius 2 is 1.71 bits per heavy atom. The van der Waals surface area contributed by atoms with E-state index in [0.717, 1.165) is 16.3 Å². The lowest BCUT2D eigenvalue weighted by atomic mass is 10.2. The molecule has 3 aromatic rings. The third-order valence-electron chi connectivity index (χ3n) is 2.53. The maximum atomic E-state index is 6.95.